The predicted molar refractivity (Wildman–Crippen MR) is 76.3 cm³/mol. The summed E-state index contributed by atoms with van der Waals surface area (Å²) < 4.78 is 40.2. The summed E-state index contributed by atoms with van der Waals surface area (Å²) in [6, 6.07) is 2.31. The average molecular weight is 352 g/mol. The molecule has 1 amide bonds. The highest BCUT2D eigenvalue weighted by molar-refractivity contribution is 5.92. The van der Waals surface area contributed by atoms with Gasteiger partial charge in [0.05, 0.1) is 6.54 Å². The first-order valence-corrected chi connectivity index (χ1v) is 6.92. The van der Waals surface area contributed by atoms with Crippen LogP contribution in [0.25, 0.3) is 5.95 Å². The quantitative estimate of drug-likeness (QED) is 0.743. The first kappa shape index (κ1) is 16.5. The van der Waals surface area contributed by atoms with Gasteiger partial charge in [-0.05, 0) is 6.07 Å². The van der Waals surface area contributed by atoms with E-state index >= 15 is 0 Å². The van der Waals surface area contributed by atoms with Gasteiger partial charge in [-0.15, -0.1) is 0 Å². The van der Waals surface area contributed by atoms with Crippen molar-refractivity contribution in [2.45, 2.75) is 12.7 Å². The van der Waals surface area contributed by atoms with Crippen molar-refractivity contribution in [3.05, 3.63) is 48.1 Å². The Kier molecular flexibility index (Phi) is 4.17. The third-order valence-electron chi connectivity index (χ3n) is 3.17. The Balaban J connectivity index is 1.73. The number of amides is 1. The van der Waals surface area contributed by atoms with E-state index < -0.39 is 17.8 Å². The van der Waals surface area contributed by atoms with E-state index in [2.05, 4.69) is 30.5 Å². The fourth-order valence-electron chi connectivity index (χ4n) is 2.05. The molecule has 9 nitrogen and oxygen atoms in total. The lowest BCUT2D eigenvalue weighted by Crippen LogP contribution is -2.25. The molecular formula is C13H11F3N8O. The zero-order valence-corrected chi connectivity index (χ0v) is 12.8. The molecule has 0 fully saturated rings. The molecule has 3 heterocycles. The third kappa shape index (κ3) is 3.46. The Labute approximate surface area is 138 Å². The topological polar surface area (TPSA) is 103 Å². The highest BCUT2D eigenvalue weighted by Gasteiger charge is 2.35. The Morgan fingerprint density at radius 2 is 1.96 bits per heavy atom. The molecule has 3 aromatic heterocycles. The van der Waals surface area contributed by atoms with Crippen molar-refractivity contribution >= 4 is 5.91 Å². The second-order valence-corrected chi connectivity index (χ2v) is 4.86. The van der Waals surface area contributed by atoms with Crippen LogP contribution in [0.5, 0.6) is 0 Å². The highest BCUT2D eigenvalue weighted by Crippen LogP contribution is 2.29. The van der Waals surface area contributed by atoms with Gasteiger partial charge in [-0.1, -0.05) is 0 Å². The molecule has 0 bridgehead atoms. The molecule has 130 valence electrons. The molecule has 3 rings (SSSR count). The number of carbonyl (C=O) groups is 1. The minimum atomic E-state index is -4.59. The number of hydrogen-bond acceptors (Lipinski definition) is 6. The van der Waals surface area contributed by atoms with E-state index in [1.165, 1.54) is 23.4 Å². The molecule has 1 N–H and O–H groups in total. The zero-order chi connectivity index (χ0) is 18.0. The van der Waals surface area contributed by atoms with Crippen molar-refractivity contribution in [2.24, 2.45) is 7.05 Å². The summed E-state index contributed by atoms with van der Waals surface area (Å²) in [5.41, 5.74) is -1.37. The summed E-state index contributed by atoms with van der Waals surface area (Å²) in [7, 11) is 1.11. The lowest BCUT2D eigenvalue weighted by atomic mass is 10.3. The fraction of sp³-hybridized carbons (Fsp3) is 0.231. The minimum Gasteiger partial charge on any atom is -0.343 e. The molecule has 0 saturated carbocycles. The first-order valence-electron chi connectivity index (χ1n) is 6.92. The van der Waals surface area contributed by atoms with Crippen LogP contribution in [-0.2, 0) is 19.8 Å². The van der Waals surface area contributed by atoms with Crippen molar-refractivity contribution < 1.29 is 18.0 Å². The number of nitrogens with zero attached hydrogens (tertiary/aromatic N) is 7. The van der Waals surface area contributed by atoms with Crippen molar-refractivity contribution in [1.29, 1.82) is 0 Å². The van der Waals surface area contributed by atoms with E-state index in [9.17, 15) is 18.0 Å². The second-order valence-electron chi connectivity index (χ2n) is 4.86. The number of aromatic nitrogens is 7. The van der Waals surface area contributed by atoms with E-state index in [1.807, 2.05) is 0 Å². The summed E-state index contributed by atoms with van der Waals surface area (Å²) in [4.78, 5) is 24.0. The van der Waals surface area contributed by atoms with Gasteiger partial charge in [0.15, 0.2) is 11.5 Å². The zero-order valence-electron chi connectivity index (χ0n) is 12.8. The maximum Gasteiger partial charge on any atom is 0.433 e. The van der Waals surface area contributed by atoms with Crippen LogP contribution in [0.3, 0.4) is 0 Å². The second kappa shape index (κ2) is 6.30. The van der Waals surface area contributed by atoms with Crippen LogP contribution >= 0.6 is 0 Å². The standard InChI is InChI=1S/C13H11F3N8O/c1-23-9(13(14,15)16)5-8(22-23)11(25)19-6-10-20-7-21-24(10)12-17-3-2-4-18-12/h2-5,7H,6H2,1H3,(H,19,25). The van der Waals surface area contributed by atoms with Gasteiger partial charge in [-0.3, -0.25) is 9.48 Å². The van der Waals surface area contributed by atoms with Crippen molar-refractivity contribution in [1.82, 2.24) is 39.8 Å². The number of aryl methyl sites for hydroxylation is 1. The van der Waals surface area contributed by atoms with Crippen LogP contribution in [0.15, 0.2) is 30.9 Å². The number of alkyl halides is 3. The van der Waals surface area contributed by atoms with E-state index in [-0.39, 0.29) is 18.2 Å². The third-order valence-corrected chi connectivity index (χ3v) is 3.17. The molecule has 0 unspecified atom stereocenters. The normalized spacial score (nSPS) is 11.5. The summed E-state index contributed by atoms with van der Waals surface area (Å²) >= 11 is 0. The van der Waals surface area contributed by atoms with E-state index in [0.29, 0.717) is 16.6 Å². The molecular weight excluding hydrogens is 341 g/mol. The van der Waals surface area contributed by atoms with Crippen molar-refractivity contribution in [2.75, 3.05) is 0 Å². The fourth-order valence-corrected chi connectivity index (χ4v) is 2.05. The lowest BCUT2D eigenvalue weighted by molar-refractivity contribution is -0.143. The molecule has 0 saturated heterocycles. The first-order chi connectivity index (χ1) is 11.9. The van der Waals surface area contributed by atoms with Gasteiger partial charge in [0.1, 0.15) is 12.0 Å². The number of carbonyl (C=O) groups excluding carboxylic acids is 1. The van der Waals surface area contributed by atoms with Crippen LogP contribution in [0.4, 0.5) is 13.2 Å². The van der Waals surface area contributed by atoms with Gasteiger partial charge in [-0.25, -0.2) is 15.0 Å². The summed E-state index contributed by atoms with van der Waals surface area (Å²) in [5.74, 6) is -0.206. The van der Waals surface area contributed by atoms with Gasteiger partial charge >= 0.3 is 6.18 Å². The van der Waals surface area contributed by atoms with E-state index in [0.717, 1.165) is 7.05 Å². The van der Waals surface area contributed by atoms with Gasteiger partial charge < -0.3 is 5.32 Å². The van der Waals surface area contributed by atoms with Crippen molar-refractivity contribution in [3.8, 4) is 5.95 Å². The molecule has 0 aliphatic heterocycles. The molecule has 0 spiro atoms. The predicted octanol–water partition coefficient (Wildman–Crippen LogP) is 0.740. The summed E-state index contributed by atoms with van der Waals surface area (Å²) in [5, 5.41) is 9.97. The molecule has 25 heavy (non-hydrogen) atoms. The average Bonchev–Trinajstić information content (AvgIpc) is 3.19. The molecule has 12 heteroatoms. The maximum absolute atomic E-state index is 12.7. The highest BCUT2D eigenvalue weighted by atomic mass is 19.4. The Bertz CT molecular complexity index is 886. The smallest absolute Gasteiger partial charge is 0.343 e. The minimum absolute atomic E-state index is 0.0883. The number of halogens is 3. The van der Waals surface area contributed by atoms with E-state index in [1.54, 1.807) is 6.07 Å². The molecule has 0 radical (unpaired) electrons. The largest absolute Gasteiger partial charge is 0.433 e. The van der Waals surface area contributed by atoms with Crippen LogP contribution in [0.1, 0.15) is 22.0 Å². The molecule has 0 atom stereocenters. The Hall–Kier alpha value is -3.31. The van der Waals surface area contributed by atoms with Crippen LogP contribution in [-0.4, -0.2) is 40.4 Å². The Morgan fingerprint density at radius 3 is 2.60 bits per heavy atom. The summed E-state index contributed by atoms with van der Waals surface area (Å²) in [6.45, 7) is -0.0883. The maximum atomic E-state index is 12.7. The number of rotatable bonds is 4. The number of hydrogen-bond donors (Lipinski definition) is 1. The molecule has 0 aromatic carbocycles. The monoisotopic (exact) mass is 352 g/mol. The SMILES string of the molecule is Cn1nc(C(=O)NCc2ncnn2-c2ncccn2)cc1C(F)(F)F. The Morgan fingerprint density at radius 1 is 1.24 bits per heavy atom. The molecule has 0 aliphatic rings. The van der Waals surface area contributed by atoms with Crippen LogP contribution in [0.2, 0.25) is 0 Å². The lowest BCUT2D eigenvalue weighted by Gasteiger charge is -2.04. The van der Waals surface area contributed by atoms with Gasteiger partial charge in [0.2, 0.25) is 0 Å². The van der Waals surface area contributed by atoms with E-state index in [4.69, 9.17) is 0 Å². The molecule has 0 aliphatic carbocycles. The van der Waals surface area contributed by atoms with Gasteiger partial charge in [0.25, 0.3) is 11.9 Å². The van der Waals surface area contributed by atoms with Crippen molar-refractivity contribution in [3.63, 3.8) is 0 Å². The van der Waals surface area contributed by atoms with Crippen LogP contribution < -0.4 is 5.32 Å². The van der Waals surface area contributed by atoms with Gasteiger partial charge in [-0.2, -0.15) is 28.1 Å². The molecule has 3 aromatic rings. The van der Waals surface area contributed by atoms with Gasteiger partial charge in [0, 0.05) is 25.5 Å². The summed E-state index contributed by atoms with van der Waals surface area (Å²) in [6.07, 6.45) is -0.316. The van der Waals surface area contributed by atoms with Crippen LogP contribution in [0, 0.1) is 0 Å². The number of nitrogens with one attached hydrogen (secondary N) is 1.